The average molecular weight is 233 g/mol. The molecular formula is C11H9F4N. The maximum Gasteiger partial charge on any atom is 0.197 e. The second-order valence-electron chi connectivity index (χ2n) is 4.02. The zero-order valence-electron chi connectivity index (χ0n) is 10.3. The van der Waals surface area contributed by atoms with Gasteiger partial charge in [0.25, 0.3) is 0 Å². The minimum Gasteiger partial charge on any atom is -0.292 e. The maximum absolute atomic E-state index is 13.7. The van der Waals surface area contributed by atoms with Crippen LogP contribution in [0, 0.1) is 23.3 Å². The summed E-state index contributed by atoms with van der Waals surface area (Å²) in [4.78, 5) is 1.44. The van der Waals surface area contributed by atoms with E-state index < -0.39 is 48.1 Å². The predicted octanol–water partition coefficient (Wildman–Crippen LogP) is 3.06. The minimum absolute atomic E-state index is 0.303. The smallest absolute Gasteiger partial charge is 0.197 e. The van der Waals surface area contributed by atoms with Gasteiger partial charge in [0, 0.05) is 26.0 Å². The molecule has 1 saturated heterocycles. The molecule has 86 valence electrons. The normalized spacial score (nSPS) is 38.6. The zero-order valence-corrected chi connectivity index (χ0v) is 8.27. The lowest BCUT2D eigenvalue weighted by atomic mass is 9.90. The Hall–Kier alpha value is -1.10. The van der Waals surface area contributed by atoms with Gasteiger partial charge >= 0.3 is 0 Å². The number of hydrogen-bond acceptors (Lipinski definition) is 1. The molecule has 0 aliphatic carbocycles. The van der Waals surface area contributed by atoms with E-state index in [0.29, 0.717) is 0 Å². The van der Waals surface area contributed by atoms with Crippen molar-refractivity contribution in [1.82, 2.24) is 4.90 Å². The highest BCUT2D eigenvalue weighted by Gasteiger charge is 2.47. The first-order valence-electron chi connectivity index (χ1n) is 5.95. The molecule has 2 heterocycles. The summed E-state index contributed by atoms with van der Waals surface area (Å²) in [6.07, 6.45) is -1.99. The van der Waals surface area contributed by atoms with Crippen molar-refractivity contribution < 1.29 is 20.3 Å². The van der Waals surface area contributed by atoms with Crippen molar-refractivity contribution in [3.8, 4) is 0 Å². The molecule has 1 nitrogen and oxygen atoms in total. The van der Waals surface area contributed by atoms with Gasteiger partial charge in [-0.05, 0) is 19.8 Å². The molecule has 2 aliphatic heterocycles. The Kier molecular flexibility index (Phi) is 1.50. The Bertz CT molecular complexity index is 504. The molecule has 0 saturated carbocycles. The maximum atomic E-state index is 13.7. The molecule has 2 bridgehead atoms. The average Bonchev–Trinajstić information content (AvgIpc) is 2.74. The number of hydrogen-bond donors (Lipinski definition) is 0. The third kappa shape index (κ3) is 0.948. The highest BCUT2D eigenvalue weighted by Crippen LogP contribution is 2.54. The summed E-state index contributed by atoms with van der Waals surface area (Å²) >= 11 is 0. The minimum atomic E-state index is -1.85. The molecule has 1 aromatic carbocycles. The molecule has 2 aliphatic rings. The second kappa shape index (κ2) is 2.97. The van der Waals surface area contributed by atoms with Crippen LogP contribution in [-0.2, 0) is 0 Å². The fraction of sp³-hybridized carbons (Fsp3) is 0.455. The molecule has 16 heavy (non-hydrogen) atoms. The fourth-order valence-corrected chi connectivity index (χ4v) is 2.50. The van der Waals surface area contributed by atoms with Gasteiger partial charge in [0.2, 0.25) is 0 Å². The number of benzene rings is 1. The van der Waals surface area contributed by atoms with Crippen LogP contribution < -0.4 is 0 Å². The standard InChI is InChI=1S/C11H9F4N/c1-16-4-2-3-5(16)7-6(4)8(12)10(14)11(15)9(7)13/h4-5H,2-3H2,1H3/t4-,5+/i2D,3D/t2-,3+,4-,5+. The van der Waals surface area contributed by atoms with Gasteiger partial charge in [0.1, 0.15) is 0 Å². The Morgan fingerprint density at radius 3 is 1.69 bits per heavy atom. The largest absolute Gasteiger partial charge is 0.292 e. The van der Waals surface area contributed by atoms with Crippen molar-refractivity contribution in [2.45, 2.75) is 24.9 Å². The molecule has 0 aromatic heterocycles. The molecule has 3 rings (SSSR count). The highest BCUT2D eigenvalue weighted by atomic mass is 19.2. The number of rotatable bonds is 0. The van der Waals surface area contributed by atoms with Crippen LogP contribution in [0.3, 0.4) is 0 Å². The van der Waals surface area contributed by atoms with Gasteiger partial charge < -0.3 is 0 Å². The zero-order chi connectivity index (χ0) is 13.4. The molecule has 0 unspecified atom stereocenters. The van der Waals surface area contributed by atoms with E-state index in [1.807, 2.05) is 0 Å². The fourth-order valence-electron chi connectivity index (χ4n) is 2.50. The summed E-state index contributed by atoms with van der Waals surface area (Å²) < 4.78 is 69.3. The quantitative estimate of drug-likeness (QED) is 0.378. The molecule has 5 heteroatoms. The summed E-state index contributed by atoms with van der Waals surface area (Å²) in [5.41, 5.74) is -0.607. The topological polar surface area (TPSA) is 3.24 Å². The molecule has 0 spiro atoms. The molecule has 4 atom stereocenters. The lowest BCUT2D eigenvalue weighted by Gasteiger charge is -2.15. The van der Waals surface area contributed by atoms with Crippen LogP contribution in [0.1, 0.15) is 38.7 Å². The van der Waals surface area contributed by atoms with E-state index in [4.69, 9.17) is 2.74 Å². The first kappa shape index (κ1) is 8.06. The van der Waals surface area contributed by atoms with Crippen LogP contribution >= 0.6 is 0 Å². The van der Waals surface area contributed by atoms with E-state index in [9.17, 15) is 17.6 Å². The molecule has 0 N–H and O–H groups in total. The lowest BCUT2D eigenvalue weighted by Crippen LogP contribution is -2.12. The SMILES string of the molecule is [2H][C@@H]1[C@H]([2H])[C@H]2c3c(F)c(F)c(F)c(F)c3[C@@H]1N2C. The summed E-state index contributed by atoms with van der Waals surface area (Å²) in [6.45, 7) is 0. The molecule has 0 radical (unpaired) electrons. The first-order valence-corrected chi connectivity index (χ1v) is 4.80. The van der Waals surface area contributed by atoms with Crippen LogP contribution in [0.5, 0.6) is 0 Å². The summed E-state index contributed by atoms with van der Waals surface area (Å²) in [5, 5.41) is 0. The van der Waals surface area contributed by atoms with E-state index in [1.165, 1.54) is 11.9 Å². The van der Waals surface area contributed by atoms with Gasteiger partial charge in [-0.25, -0.2) is 17.6 Å². The van der Waals surface area contributed by atoms with Crippen LogP contribution in [-0.4, -0.2) is 11.9 Å². The van der Waals surface area contributed by atoms with E-state index in [0.717, 1.165) is 0 Å². The predicted molar refractivity (Wildman–Crippen MR) is 48.8 cm³/mol. The van der Waals surface area contributed by atoms with Crippen LogP contribution in [0.4, 0.5) is 17.6 Å². The molecular weight excluding hydrogens is 222 g/mol. The van der Waals surface area contributed by atoms with Crippen LogP contribution in [0.2, 0.25) is 0 Å². The van der Waals surface area contributed by atoms with Crippen molar-refractivity contribution >= 4 is 0 Å². The highest BCUT2D eigenvalue weighted by molar-refractivity contribution is 5.43. The molecule has 1 fully saturated rings. The van der Waals surface area contributed by atoms with Crippen molar-refractivity contribution in [2.24, 2.45) is 0 Å². The van der Waals surface area contributed by atoms with Crippen molar-refractivity contribution in [2.75, 3.05) is 7.05 Å². The van der Waals surface area contributed by atoms with E-state index in [2.05, 4.69) is 0 Å². The number of halogens is 4. The molecule has 1 aromatic rings. The van der Waals surface area contributed by atoms with Crippen molar-refractivity contribution in [3.05, 3.63) is 34.4 Å². The summed E-state index contributed by atoms with van der Waals surface area (Å²) in [6, 6.07) is -1.78. The second-order valence-corrected chi connectivity index (χ2v) is 4.02. The van der Waals surface area contributed by atoms with E-state index >= 15 is 0 Å². The van der Waals surface area contributed by atoms with Crippen molar-refractivity contribution in [3.63, 3.8) is 0 Å². The van der Waals surface area contributed by atoms with Crippen molar-refractivity contribution in [1.29, 1.82) is 0 Å². The number of nitrogens with zero attached hydrogens (tertiary/aromatic N) is 1. The molecule has 0 amide bonds. The van der Waals surface area contributed by atoms with Gasteiger partial charge in [0.15, 0.2) is 23.3 Å². The van der Waals surface area contributed by atoms with Crippen LogP contribution in [0.25, 0.3) is 0 Å². The Morgan fingerprint density at radius 1 is 0.938 bits per heavy atom. The lowest BCUT2D eigenvalue weighted by molar-refractivity contribution is 0.275. The summed E-state index contributed by atoms with van der Waals surface area (Å²) in [7, 11) is 1.50. The van der Waals surface area contributed by atoms with Gasteiger partial charge in [-0.1, -0.05) is 0 Å². The van der Waals surface area contributed by atoms with Gasteiger partial charge in [0.05, 0.1) is 0 Å². The van der Waals surface area contributed by atoms with Gasteiger partial charge in [-0.2, -0.15) is 0 Å². The van der Waals surface area contributed by atoms with Crippen LogP contribution in [0.15, 0.2) is 0 Å². The Morgan fingerprint density at radius 2 is 1.31 bits per heavy atom. The Labute approximate surface area is 92.5 Å². The number of fused-ring (bicyclic) bond motifs is 5. The summed E-state index contributed by atoms with van der Waals surface area (Å²) in [5.74, 6) is -6.57. The monoisotopic (exact) mass is 233 g/mol. The Balaban J connectivity index is 2.34. The first-order chi connectivity index (χ1) is 8.37. The third-order valence-electron chi connectivity index (χ3n) is 3.29. The third-order valence-corrected chi connectivity index (χ3v) is 3.29. The van der Waals surface area contributed by atoms with E-state index in [-0.39, 0.29) is 11.1 Å². The van der Waals surface area contributed by atoms with E-state index in [1.54, 1.807) is 0 Å². The van der Waals surface area contributed by atoms with Gasteiger partial charge in [-0.3, -0.25) is 4.90 Å². The van der Waals surface area contributed by atoms with Gasteiger partial charge in [-0.15, -0.1) is 0 Å².